The van der Waals surface area contributed by atoms with E-state index in [1.165, 1.54) is 0 Å². The fraction of sp³-hybridized carbons (Fsp3) is 0.565. The maximum absolute atomic E-state index is 11.3. The SMILES string of the molecule is Cc1nc(-c2nnn(C)c2CNc2noc(C3CC3C)n2)ccc1O[C@H]1CCC[C@H](C(=O)O)C1. The van der Waals surface area contributed by atoms with Crippen LogP contribution in [0.15, 0.2) is 16.7 Å². The smallest absolute Gasteiger partial charge is 0.306 e. The van der Waals surface area contributed by atoms with Crippen molar-refractivity contribution in [2.75, 3.05) is 5.32 Å². The van der Waals surface area contributed by atoms with Gasteiger partial charge in [0.15, 0.2) is 0 Å². The number of rotatable bonds is 8. The van der Waals surface area contributed by atoms with Gasteiger partial charge in [0.05, 0.1) is 35.6 Å². The molecule has 3 aromatic rings. The molecule has 4 atom stereocenters. The van der Waals surface area contributed by atoms with E-state index in [4.69, 9.17) is 14.2 Å². The lowest BCUT2D eigenvalue weighted by atomic mass is 9.87. The first-order valence-electron chi connectivity index (χ1n) is 11.7. The predicted molar refractivity (Wildman–Crippen MR) is 121 cm³/mol. The Labute approximate surface area is 196 Å². The van der Waals surface area contributed by atoms with E-state index in [9.17, 15) is 9.90 Å². The van der Waals surface area contributed by atoms with Crippen LogP contribution in [0.3, 0.4) is 0 Å². The molecule has 2 fully saturated rings. The van der Waals surface area contributed by atoms with E-state index in [-0.39, 0.29) is 12.0 Å². The quantitative estimate of drug-likeness (QED) is 0.506. The topological polar surface area (TPSA) is 141 Å². The maximum atomic E-state index is 11.3. The summed E-state index contributed by atoms with van der Waals surface area (Å²) in [7, 11) is 1.83. The Kier molecular flexibility index (Phi) is 5.93. The summed E-state index contributed by atoms with van der Waals surface area (Å²) in [5.41, 5.74) is 2.90. The predicted octanol–water partition coefficient (Wildman–Crippen LogP) is 3.33. The maximum Gasteiger partial charge on any atom is 0.306 e. The number of aliphatic carboxylic acids is 1. The minimum Gasteiger partial charge on any atom is -0.489 e. The van der Waals surface area contributed by atoms with Crippen LogP contribution < -0.4 is 10.1 Å². The Morgan fingerprint density at radius 2 is 2.12 bits per heavy atom. The second kappa shape index (κ2) is 9.03. The van der Waals surface area contributed by atoms with Gasteiger partial charge in [-0.25, -0.2) is 9.67 Å². The molecule has 3 heterocycles. The molecule has 34 heavy (non-hydrogen) atoms. The Balaban J connectivity index is 1.27. The summed E-state index contributed by atoms with van der Waals surface area (Å²) in [6.45, 7) is 4.46. The summed E-state index contributed by atoms with van der Waals surface area (Å²) in [5, 5.41) is 25.0. The molecular formula is C23H29N7O4. The summed E-state index contributed by atoms with van der Waals surface area (Å²) < 4.78 is 13.2. The largest absolute Gasteiger partial charge is 0.489 e. The minimum atomic E-state index is -0.749. The molecule has 0 saturated heterocycles. The number of pyridine rings is 1. The highest BCUT2D eigenvalue weighted by Gasteiger charge is 2.39. The van der Waals surface area contributed by atoms with Crippen molar-refractivity contribution in [2.45, 2.75) is 64.5 Å². The lowest BCUT2D eigenvalue weighted by Crippen LogP contribution is -2.29. The van der Waals surface area contributed by atoms with Crippen LogP contribution in [0.25, 0.3) is 11.4 Å². The second-order valence-electron chi connectivity index (χ2n) is 9.36. The van der Waals surface area contributed by atoms with Gasteiger partial charge >= 0.3 is 5.97 Å². The summed E-state index contributed by atoms with van der Waals surface area (Å²) in [6.07, 6.45) is 3.90. The van der Waals surface area contributed by atoms with Gasteiger partial charge in [0, 0.05) is 13.0 Å². The molecule has 3 aromatic heterocycles. The standard InChI is InChI=1S/C23H29N7O4/c1-12-9-16(12)21-26-23(28-34-21)24-11-18-20(27-29-30(18)3)17-7-8-19(13(2)25-17)33-15-6-4-5-14(10-15)22(31)32/h7-8,12,14-16H,4-6,9-11H2,1-3H3,(H,24,28)(H,31,32)/t12?,14-,15-,16?/m0/s1. The number of hydrogen-bond acceptors (Lipinski definition) is 9. The molecule has 2 unspecified atom stereocenters. The molecule has 0 spiro atoms. The van der Waals surface area contributed by atoms with Crippen molar-refractivity contribution >= 4 is 11.9 Å². The van der Waals surface area contributed by atoms with Crippen molar-refractivity contribution in [1.29, 1.82) is 0 Å². The van der Waals surface area contributed by atoms with Crippen LogP contribution in [-0.4, -0.2) is 47.3 Å². The van der Waals surface area contributed by atoms with Gasteiger partial charge in [-0.1, -0.05) is 12.1 Å². The van der Waals surface area contributed by atoms with Crippen LogP contribution in [-0.2, 0) is 18.4 Å². The number of aryl methyl sites for hydroxylation is 2. The average Bonchev–Trinajstić information content (AvgIpc) is 3.19. The van der Waals surface area contributed by atoms with Gasteiger partial charge in [0.25, 0.3) is 5.95 Å². The Hall–Kier alpha value is -3.50. The number of carboxylic acid groups (broad SMARTS) is 1. The third-order valence-electron chi connectivity index (χ3n) is 6.77. The fourth-order valence-electron chi connectivity index (χ4n) is 4.52. The van der Waals surface area contributed by atoms with Gasteiger partial charge in [0.2, 0.25) is 5.89 Å². The molecular weight excluding hydrogens is 438 g/mol. The molecule has 0 amide bonds. The lowest BCUT2D eigenvalue weighted by Gasteiger charge is -2.27. The van der Waals surface area contributed by atoms with Gasteiger partial charge in [-0.05, 0) is 62.2 Å². The van der Waals surface area contributed by atoms with Crippen LogP contribution in [0.4, 0.5) is 5.95 Å². The molecule has 0 aromatic carbocycles. The Bertz CT molecular complexity index is 1190. The van der Waals surface area contributed by atoms with Gasteiger partial charge < -0.3 is 19.7 Å². The van der Waals surface area contributed by atoms with Crippen molar-refractivity contribution in [2.24, 2.45) is 18.9 Å². The molecule has 0 bridgehead atoms. The molecule has 2 N–H and O–H groups in total. The van der Waals surface area contributed by atoms with E-state index in [2.05, 4.69) is 32.7 Å². The van der Waals surface area contributed by atoms with Crippen LogP contribution in [0.5, 0.6) is 5.75 Å². The lowest BCUT2D eigenvalue weighted by molar-refractivity contribution is -0.143. The Morgan fingerprint density at radius 3 is 2.85 bits per heavy atom. The van der Waals surface area contributed by atoms with E-state index in [1.54, 1.807) is 4.68 Å². The third-order valence-corrected chi connectivity index (χ3v) is 6.77. The third kappa shape index (κ3) is 4.59. The second-order valence-corrected chi connectivity index (χ2v) is 9.36. The van der Waals surface area contributed by atoms with E-state index < -0.39 is 5.97 Å². The van der Waals surface area contributed by atoms with Crippen molar-refractivity contribution in [1.82, 2.24) is 30.1 Å². The van der Waals surface area contributed by atoms with E-state index in [1.807, 2.05) is 26.1 Å². The fourth-order valence-corrected chi connectivity index (χ4v) is 4.52. The van der Waals surface area contributed by atoms with Crippen LogP contribution in [0, 0.1) is 18.8 Å². The van der Waals surface area contributed by atoms with Gasteiger partial charge in [-0.15, -0.1) is 5.10 Å². The minimum absolute atomic E-state index is 0.115. The van der Waals surface area contributed by atoms with E-state index in [0.717, 1.165) is 30.7 Å². The number of carbonyl (C=O) groups is 1. The van der Waals surface area contributed by atoms with Crippen molar-refractivity contribution in [3.8, 4) is 17.1 Å². The molecule has 2 aliphatic carbocycles. The van der Waals surface area contributed by atoms with E-state index in [0.29, 0.717) is 60.2 Å². The molecule has 2 saturated carbocycles. The molecule has 5 rings (SSSR count). The summed E-state index contributed by atoms with van der Waals surface area (Å²) in [5.74, 6) is 1.66. The van der Waals surface area contributed by atoms with Crippen molar-refractivity contribution in [3.05, 3.63) is 29.4 Å². The van der Waals surface area contributed by atoms with Crippen LogP contribution >= 0.6 is 0 Å². The summed E-state index contributed by atoms with van der Waals surface area (Å²) in [4.78, 5) is 20.5. The highest BCUT2D eigenvalue weighted by atomic mass is 16.5. The van der Waals surface area contributed by atoms with Crippen molar-refractivity contribution in [3.63, 3.8) is 0 Å². The number of anilines is 1. The normalized spacial score (nSPS) is 24.1. The highest BCUT2D eigenvalue weighted by molar-refractivity contribution is 5.70. The molecule has 11 nitrogen and oxygen atoms in total. The zero-order valence-corrected chi connectivity index (χ0v) is 19.6. The number of nitrogens with one attached hydrogen (secondary N) is 1. The first kappa shape index (κ1) is 22.3. The molecule has 0 radical (unpaired) electrons. The summed E-state index contributed by atoms with van der Waals surface area (Å²) >= 11 is 0. The monoisotopic (exact) mass is 467 g/mol. The number of carboxylic acids is 1. The number of aromatic nitrogens is 6. The van der Waals surface area contributed by atoms with Crippen LogP contribution in [0.2, 0.25) is 0 Å². The van der Waals surface area contributed by atoms with Gasteiger partial charge in [0.1, 0.15) is 11.4 Å². The first-order valence-corrected chi connectivity index (χ1v) is 11.7. The van der Waals surface area contributed by atoms with E-state index >= 15 is 0 Å². The summed E-state index contributed by atoms with van der Waals surface area (Å²) in [6, 6.07) is 3.73. The highest BCUT2D eigenvalue weighted by Crippen LogP contribution is 2.46. The zero-order chi connectivity index (χ0) is 23.8. The number of nitrogens with zero attached hydrogens (tertiary/aromatic N) is 6. The first-order chi connectivity index (χ1) is 16.4. The number of hydrogen-bond donors (Lipinski definition) is 2. The molecule has 11 heteroatoms. The number of ether oxygens (including phenoxy) is 1. The van der Waals surface area contributed by atoms with Gasteiger partial charge in [-0.3, -0.25) is 4.79 Å². The van der Waals surface area contributed by atoms with Crippen molar-refractivity contribution < 1.29 is 19.2 Å². The average molecular weight is 468 g/mol. The molecule has 0 aliphatic heterocycles. The Morgan fingerprint density at radius 1 is 1.29 bits per heavy atom. The molecule has 180 valence electrons. The zero-order valence-electron chi connectivity index (χ0n) is 19.6. The molecule has 2 aliphatic rings. The van der Waals surface area contributed by atoms with Crippen LogP contribution in [0.1, 0.15) is 62.2 Å². The van der Waals surface area contributed by atoms with Gasteiger partial charge in [-0.2, -0.15) is 4.98 Å².